The molecule has 1 aliphatic rings. The van der Waals surface area contributed by atoms with Crippen molar-refractivity contribution in [1.82, 2.24) is 10.2 Å². The molecule has 0 radical (unpaired) electrons. The summed E-state index contributed by atoms with van der Waals surface area (Å²) >= 11 is 0. The van der Waals surface area contributed by atoms with Gasteiger partial charge in [0, 0.05) is 6.54 Å². The average molecular weight is 246 g/mol. The van der Waals surface area contributed by atoms with E-state index in [1.807, 2.05) is 11.9 Å². The zero-order valence-corrected chi connectivity index (χ0v) is 11.4. The van der Waals surface area contributed by atoms with E-state index in [1.165, 1.54) is 11.1 Å². The number of hydrogen-bond acceptors (Lipinski definition) is 2. The molecule has 2 atom stereocenters. The van der Waals surface area contributed by atoms with Crippen molar-refractivity contribution in [2.24, 2.45) is 0 Å². The second-order valence-electron chi connectivity index (χ2n) is 5.10. The van der Waals surface area contributed by atoms with E-state index in [0.29, 0.717) is 0 Å². The summed E-state index contributed by atoms with van der Waals surface area (Å²) in [4.78, 5) is 14.3. The van der Waals surface area contributed by atoms with Crippen LogP contribution in [-0.2, 0) is 4.79 Å². The minimum atomic E-state index is -0.00773. The Balaban J connectivity index is 2.15. The van der Waals surface area contributed by atoms with Crippen LogP contribution in [0.3, 0.4) is 0 Å². The smallest absolute Gasteiger partial charge is 0.240 e. The highest BCUT2D eigenvalue weighted by Gasteiger charge is 2.30. The number of nitrogens with zero attached hydrogens (tertiary/aromatic N) is 1. The zero-order chi connectivity index (χ0) is 13.1. The van der Waals surface area contributed by atoms with Crippen LogP contribution in [0.5, 0.6) is 0 Å². The number of piperidine rings is 1. The molecular formula is C15H22N2O. The molecule has 1 aliphatic heterocycles. The Morgan fingerprint density at radius 2 is 2.00 bits per heavy atom. The van der Waals surface area contributed by atoms with E-state index in [9.17, 15) is 4.79 Å². The van der Waals surface area contributed by atoms with Gasteiger partial charge in [0.05, 0.1) is 12.1 Å². The fraction of sp³-hybridized carbons (Fsp3) is 0.533. The number of rotatable bonds is 3. The molecule has 1 N–H and O–H groups in total. The second kappa shape index (κ2) is 5.53. The van der Waals surface area contributed by atoms with Gasteiger partial charge >= 0.3 is 0 Å². The molecule has 2 rings (SSSR count). The Hall–Kier alpha value is -1.35. The van der Waals surface area contributed by atoms with Crippen LogP contribution in [0.15, 0.2) is 24.3 Å². The Morgan fingerprint density at radius 3 is 2.61 bits per heavy atom. The molecule has 1 aromatic rings. The molecule has 0 saturated carbocycles. The van der Waals surface area contributed by atoms with Gasteiger partial charge in [-0.3, -0.25) is 4.79 Å². The molecule has 0 aromatic heterocycles. The number of carbonyl (C=O) groups excluding carboxylic acids is 1. The lowest BCUT2D eigenvalue weighted by atomic mass is 9.99. The summed E-state index contributed by atoms with van der Waals surface area (Å²) < 4.78 is 0. The summed E-state index contributed by atoms with van der Waals surface area (Å²) in [7, 11) is 1.86. The summed E-state index contributed by atoms with van der Waals surface area (Å²) in [6.45, 7) is 5.06. The minimum Gasteiger partial charge on any atom is -0.335 e. The lowest BCUT2D eigenvalue weighted by Gasteiger charge is -2.36. The normalized spacial score (nSPS) is 22.1. The monoisotopic (exact) mass is 246 g/mol. The van der Waals surface area contributed by atoms with Gasteiger partial charge in [0.2, 0.25) is 5.91 Å². The summed E-state index contributed by atoms with van der Waals surface area (Å²) in [6.07, 6.45) is 2.03. The van der Waals surface area contributed by atoms with Crippen LogP contribution >= 0.6 is 0 Å². The Morgan fingerprint density at radius 1 is 1.33 bits per heavy atom. The third-order valence-electron chi connectivity index (χ3n) is 3.85. The van der Waals surface area contributed by atoms with E-state index in [1.54, 1.807) is 0 Å². The Bertz CT molecular complexity index is 413. The molecule has 1 aromatic carbocycles. The highest BCUT2D eigenvalue weighted by Crippen LogP contribution is 2.25. The first kappa shape index (κ1) is 13.1. The largest absolute Gasteiger partial charge is 0.335 e. The van der Waals surface area contributed by atoms with E-state index >= 15 is 0 Å². The van der Waals surface area contributed by atoms with Crippen molar-refractivity contribution < 1.29 is 4.79 Å². The van der Waals surface area contributed by atoms with Gasteiger partial charge in [0.1, 0.15) is 0 Å². The Kier molecular flexibility index (Phi) is 4.02. The van der Waals surface area contributed by atoms with Crippen molar-refractivity contribution in [3.8, 4) is 0 Å². The second-order valence-corrected chi connectivity index (χ2v) is 5.10. The molecule has 1 amide bonds. The van der Waals surface area contributed by atoms with Crippen LogP contribution in [0.1, 0.15) is 36.9 Å². The summed E-state index contributed by atoms with van der Waals surface area (Å²) in [5, 5.41) is 3.11. The molecular weight excluding hydrogens is 224 g/mol. The van der Waals surface area contributed by atoms with E-state index in [4.69, 9.17) is 0 Å². The van der Waals surface area contributed by atoms with Crippen LogP contribution in [0.2, 0.25) is 0 Å². The molecule has 1 saturated heterocycles. The van der Waals surface area contributed by atoms with E-state index in [-0.39, 0.29) is 18.0 Å². The lowest BCUT2D eigenvalue weighted by Crippen LogP contribution is -2.50. The van der Waals surface area contributed by atoms with Crippen LogP contribution in [-0.4, -0.2) is 30.4 Å². The maximum Gasteiger partial charge on any atom is 0.240 e. The van der Waals surface area contributed by atoms with Gasteiger partial charge in [-0.1, -0.05) is 29.8 Å². The first-order valence-electron chi connectivity index (χ1n) is 6.68. The molecule has 0 spiro atoms. The summed E-state index contributed by atoms with van der Waals surface area (Å²) in [5.74, 6) is 0.233. The number of nitrogens with one attached hydrogen (secondary N) is 1. The van der Waals surface area contributed by atoms with E-state index < -0.39 is 0 Å². The van der Waals surface area contributed by atoms with Crippen LogP contribution in [0.25, 0.3) is 0 Å². The number of likely N-dealkylation sites (tertiary alicyclic amines) is 1. The van der Waals surface area contributed by atoms with Gasteiger partial charge in [-0.2, -0.15) is 0 Å². The van der Waals surface area contributed by atoms with Gasteiger partial charge in [-0.25, -0.2) is 0 Å². The molecule has 3 nitrogen and oxygen atoms in total. The third-order valence-corrected chi connectivity index (χ3v) is 3.85. The highest BCUT2D eigenvalue weighted by molar-refractivity contribution is 5.83. The highest BCUT2D eigenvalue weighted by atomic mass is 16.2. The first-order chi connectivity index (χ1) is 8.63. The molecule has 3 heteroatoms. The number of carbonyl (C=O) groups is 1. The number of hydrogen-bond donors (Lipinski definition) is 1. The van der Waals surface area contributed by atoms with Crippen LogP contribution < -0.4 is 5.32 Å². The number of aryl methyl sites for hydroxylation is 1. The van der Waals surface area contributed by atoms with Gasteiger partial charge in [-0.05, 0) is 39.3 Å². The predicted octanol–water partition coefficient (Wildman–Crippen LogP) is 2.27. The molecule has 18 heavy (non-hydrogen) atoms. The summed E-state index contributed by atoms with van der Waals surface area (Å²) in [5.41, 5.74) is 2.47. The standard InChI is InChI=1S/C15H22N2O/c1-11-6-8-13(9-7-11)12(2)17-10-4-5-14(16-3)15(17)18/h6-9,12,14,16H,4-5,10H2,1-3H3. The molecule has 2 unspecified atom stereocenters. The topological polar surface area (TPSA) is 32.3 Å². The minimum absolute atomic E-state index is 0.00773. The van der Waals surface area contributed by atoms with Crippen molar-refractivity contribution in [3.05, 3.63) is 35.4 Å². The average Bonchev–Trinajstić information content (AvgIpc) is 2.39. The third kappa shape index (κ3) is 2.56. The van der Waals surface area contributed by atoms with Crippen molar-refractivity contribution in [3.63, 3.8) is 0 Å². The number of benzene rings is 1. The van der Waals surface area contributed by atoms with Gasteiger partial charge in [0.25, 0.3) is 0 Å². The van der Waals surface area contributed by atoms with Gasteiger partial charge in [-0.15, -0.1) is 0 Å². The van der Waals surface area contributed by atoms with Crippen molar-refractivity contribution in [2.45, 2.75) is 38.8 Å². The molecule has 1 heterocycles. The molecule has 0 bridgehead atoms. The lowest BCUT2D eigenvalue weighted by molar-refractivity contribution is -0.138. The first-order valence-corrected chi connectivity index (χ1v) is 6.68. The van der Waals surface area contributed by atoms with E-state index in [2.05, 4.69) is 43.4 Å². The van der Waals surface area contributed by atoms with Crippen molar-refractivity contribution in [2.75, 3.05) is 13.6 Å². The number of likely N-dealkylation sites (N-methyl/N-ethyl adjacent to an activating group) is 1. The maximum atomic E-state index is 12.3. The Labute approximate surface area is 109 Å². The fourth-order valence-corrected chi connectivity index (χ4v) is 2.58. The van der Waals surface area contributed by atoms with Crippen molar-refractivity contribution in [1.29, 1.82) is 0 Å². The zero-order valence-electron chi connectivity index (χ0n) is 11.4. The SMILES string of the molecule is CNC1CCCN(C(C)c2ccc(C)cc2)C1=O. The molecule has 98 valence electrons. The number of amides is 1. The molecule has 0 aliphatic carbocycles. The van der Waals surface area contributed by atoms with Crippen LogP contribution in [0.4, 0.5) is 0 Å². The van der Waals surface area contributed by atoms with Crippen LogP contribution in [0, 0.1) is 6.92 Å². The predicted molar refractivity (Wildman–Crippen MR) is 73.4 cm³/mol. The van der Waals surface area contributed by atoms with E-state index in [0.717, 1.165) is 19.4 Å². The van der Waals surface area contributed by atoms with Gasteiger partial charge in [0.15, 0.2) is 0 Å². The van der Waals surface area contributed by atoms with Gasteiger partial charge < -0.3 is 10.2 Å². The quantitative estimate of drug-likeness (QED) is 0.887. The fourth-order valence-electron chi connectivity index (χ4n) is 2.58. The van der Waals surface area contributed by atoms with Crippen molar-refractivity contribution >= 4 is 5.91 Å². The molecule has 1 fully saturated rings. The summed E-state index contributed by atoms with van der Waals surface area (Å²) in [6, 6.07) is 8.61. The maximum absolute atomic E-state index is 12.3.